The van der Waals surface area contributed by atoms with Crippen LogP contribution in [0, 0.1) is 12.8 Å². The first-order chi connectivity index (χ1) is 12.0. The van der Waals surface area contributed by atoms with E-state index in [4.69, 9.17) is 9.47 Å². The summed E-state index contributed by atoms with van der Waals surface area (Å²) >= 11 is 0. The number of aryl methyl sites for hydroxylation is 1. The Labute approximate surface area is 150 Å². The van der Waals surface area contributed by atoms with Crippen LogP contribution in [0.15, 0.2) is 12.4 Å². The van der Waals surface area contributed by atoms with Crippen molar-refractivity contribution < 1.29 is 14.3 Å². The van der Waals surface area contributed by atoms with Gasteiger partial charge in [0, 0.05) is 25.9 Å². The molecule has 2 aliphatic rings. The quantitative estimate of drug-likeness (QED) is 0.792. The molecular formula is C19H31N3O3. The molecule has 0 saturated carbocycles. The average Bonchev–Trinajstić information content (AvgIpc) is 3.26. The lowest BCUT2D eigenvalue weighted by molar-refractivity contribution is -0.151. The summed E-state index contributed by atoms with van der Waals surface area (Å²) in [5.74, 6) is 0.266. The molecule has 0 N–H and O–H groups in total. The van der Waals surface area contributed by atoms with Gasteiger partial charge in [-0.1, -0.05) is 13.8 Å². The molecule has 3 heterocycles. The molecular weight excluding hydrogens is 318 g/mol. The number of amides is 1. The lowest BCUT2D eigenvalue weighted by Crippen LogP contribution is -2.48. The van der Waals surface area contributed by atoms with Gasteiger partial charge in [-0.25, -0.2) is 0 Å². The van der Waals surface area contributed by atoms with Crippen LogP contribution in [-0.4, -0.2) is 59.1 Å². The van der Waals surface area contributed by atoms with Crippen LogP contribution in [0.3, 0.4) is 0 Å². The molecule has 0 aromatic carbocycles. The van der Waals surface area contributed by atoms with E-state index in [-0.39, 0.29) is 30.1 Å². The van der Waals surface area contributed by atoms with Crippen molar-refractivity contribution in [2.45, 2.75) is 64.7 Å². The van der Waals surface area contributed by atoms with Gasteiger partial charge in [0.25, 0.3) is 5.91 Å². The minimum Gasteiger partial charge on any atom is -0.376 e. The molecule has 2 fully saturated rings. The third-order valence-electron chi connectivity index (χ3n) is 5.15. The molecule has 1 amide bonds. The Balaban J connectivity index is 1.60. The van der Waals surface area contributed by atoms with Gasteiger partial charge in [-0.2, -0.15) is 5.10 Å². The smallest absolute Gasteiger partial charge is 0.252 e. The summed E-state index contributed by atoms with van der Waals surface area (Å²) in [6.07, 6.45) is 7.89. The maximum Gasteiger partial charge on any atom is 0.252 e. The van der Waals surface area contributed by atoms with Crippen molar-refractivity contribution >= 4 is 5.91 Å². The van der Waals surface area contributed by atoms with Gasteiger partial charge in [-0.3, -0.25) is 9.48 Å². The van der Waals surface area contributed by atoms with E-state index in [1.807, 2.05) is 22.7 Å². The third kappa shape index (κ3) is 4.61. The highest BCUT2D eigenvalue weighted by Crippen LogP contribution is 2.24. The fourth-order valence-corrected chi connectivity index (χ4v) is 3.72. The molecule has 140 valence electrons. The van der Waals surface area contributed by atoms with E-state index in [1.54, 1.807) is 0 Å². The van der Waals surface area contributed by atoms with Crippen molar-refractivity contribution in [3.8, 4) is 0 Å². The maximum atomic E-state index is 13.1. The van der Waals surface area contributed by atoms with Crippen LogP contribution in [0.4, 0.5) is 0 Å². The number of piperidine rings is 1. The molecule has 6 nitrogen and oxygen atoms in total. The van der Waals surface area contributed by atoms with Crippen LogP contribution >= 0.6 is 0 Å². The zero-order chi connectivity index (χ0) is 17.8. The van der Waals surface area contributed by atoms with Crippen molar-refractivity contribution in [1.82, 2.24) is 14.7 Å². The van der Waals surface area contributed by atoms with E-state index in [1.165, 1.54) is 0 Å². The summed E-state index contributed by atoms with van der Waals surface area (Å²) in [4.78, 5) is 15.0. The topological polar surface area (TPSA) is 56.6 Å². The van der Waals surface area contributed by atoms with Crippen molar-refractivity contribution in [3.05, 3.63) is 18.0 Å². The number of hydrogen-bond acceptors (Lipinski definition) is 4. The molecule has 6 heteroatoms. The molecule has 3 atom stereocenters. The van der Waals surface area contributed by atoms with Crippen molar-refractivity contribution in [1.29, 1.82) is 0 Å². The second-order valence-corrected chi connectivity index (χ2v) is 7.71. The Bertz CT molecular complexity index is 566. The van der Waals surface area contributed by atoms with E-state index in [0.29, 0.717) is 13.2 Å². The second kappa shape index (κ2) is 8.32. The number of rotatable bonds is 6. The van der Waals surface area contributed by atoms with Gasteiger partial charge in [-0.05, 0) is 44.1 Å². The van der Waals surface area contributed by atoms with Crippen LogP contribution in [0.25, 0.3) is 0 Å². The van der Waals surface area contributed by atoms with Gasteiger partial charge >= 0.3 is 0 Å². The first kappa shape index (κ1) is 18.4. The molecule has 2 aliphatic heterocycles. The van der Waals surface area contributed by atoms with Crippen LogP contribution < -0.4 is 0 Å². The van der Waals surface area contributed by atoms with Gasteiger partial charge in [-0.15, -0.1) is 0 Å². The lowest BCUT2D eigenvalue weighted by Gasteiger charge is -2.36. The molecule has 0 aliphatic carbocycles. The number of carbonyl (C=O) groups is 1. The zero-order valence-electron chi connectivity index (χ0n) is 15.7. The largest absolute Gasteiger partial charge is 0.376 e. The summed E-state index contributed by atoms with van der Waals surface area (Å²) in [6, 6.07) is 0.261. The Kier molecular flexibility index (Phi) is 6.12. The van der Waals surface area contributed by atoms with E-state index in [2.05, 4.69) is 25.1 Å². The molecule has 2 saturated heterocycles. The monoisotopic (exact) mass is 349 g/mol. The Morgan fingerprint density at radius 3 is 2.88 bits per heavy atom. The Hall–Kier alpha value is -1.40. The molecule has 25 heavy (non-hydrogen) atoms. The fourth-order valence-electron chi connectivity index (χ4n) is 3.72. The first-order valence-corrected chi connectivity index (χ1v) is 9.57. The highest BCUT2D eigenvalue weighted by Gasteiger charge is 2.33. The molecule has 1 aromatic heterocycles. The predicted molar refractivity (Wildman–Crippen MR) is 95.4 cm³/mol. The summed E-state index contributed by atoms with van der Waals surface area (Å²) in [7, 11) is 0. The van der Waals surface area contributed by atoms with Gasteiger partial charge in [0.2, 0.25) is 0 Å². The third-order valence-corrected chi connectivity index (χ3v) is 5.15. The fraction of sp³-hybridized carbons (Fsp3) is 0.789. The minimum atomic E-state index is -0.387. The van der Waals surface area contributed by atoms with Crippen molar-refractivity contribution in [2.24, 2.45) is 5.92 Å². The average molecular weight is 349 g/mol. The standard InChI is InChI=1S/C19H31N3O3/c1-14(2)18(25-13-17-7-5-9-24-17)19(23)21-8-4-6-16(12-21)22-11-15(3)10-20-22/h10-11,14,16-18H,4-9,12-13H2,1-3H3/t16-,17-,18+/m1/s1. The SMILES string of the molecule is Cc1cnn([C@@H]2CCCN(C(=O)[C@@H](OC[C@H]3CCCO3)C(C)C)C2)c1. The van der Waals surface area contributed by atoms with E-state index in [0.717, 1.165) is 44.4 Å². The molecule has 0 radical (unpaired) electrons. The number of aromatic nitrogens is 2. The second-order valence-electron chi connectivity index (χ2n) is 7.71. The Morgan fingerprint density at radius 1 is 1.40 bits per heavy atom. The van der Waals surface area contributed by atoms with E-state index in [9.17, 15) is 4.79 Å². The minimum absolute atomic E-state index is 0.113. The predicted octanol–water partition coefficient (Wildman–Crippen LogP) is 2.58. The number of carbonyl (C=O) groups excluding carboxylic acids is 1. The highest BCUT2D eigenvalue weighted by molar-refractivity contribution is 5.81. The normalized spacial score (nSPS) is 25.5. The molecule has 0 spiro atoms. The molecule has 3 rings (SSSR count). The van der Waals surface area contributed by atoms with E-state index < -0.39 is 0 Å². The number of nitrogens with zero attached hydrogens (tertiary/aromatic N) is 3. The van der Waals surface area contributed by atoms with Crippen LogP contribution in [-0.2, 0) is 14.3 Å². The lowest BCUT2D eigenvalue weighted by atomic mass is 10.0. The van der Waals surface area contributed by atoms with Gasteiger partial charge in [0.1, 0.15) is 6.10 Å². The Morgan fingerprint density at radius 2 is 2.24 bits per heavy atom. The molecule has 1 aromatic rings. The molecule has 0 unspecified atom stereocenters. The van der Waals surface area contributed by atoms with Crippen LogP contribution in [0.5, 0.6) is 0 Å². The van der Waals surface area contributed by atoms with Crippen molar-refractivity contribution in [3.63, 3.8) is 0 Å². The van der Waals surface area contributed by atoms with E-state index >= 15 is 0 Å². The zero-order valence-corrected chi connectivity index (χ0v) is 15.7. The number of hydrogen-bond donors (Lipinski definition) is 0. The number of likely N-dealkylation sites (tertiary alicyclic amines) is 1. The molecule has 0 bridgehead atoms. The van der Waals surface area contributed by atoms with Crippen LogP contribution in [0.2, 0.25) is 0 Å². The van der Waals surface area contributed by atoms with Crippen LogP contribution in [0.1, 0.15) is 51.1 Å². The van der Waals surface area contributed by atoms with Gasteiger partial charge in [0.05, 0.1) is 24.9 Å². The summed E-state index contributed by atoms with van der Waals surface area (Å²) in [6.45, 7) is 9.00. The van der Waals surface area contributed by atoms with Gasteiger partial charge < -0.3 is 14.4 Å². The summed E-state index contributed by atoms with van der Waals surface area (Å²) < 4.78 is 13.6. The summed E-state index contributed by atoms with van der Waals surface area (Å²) in [5, 5.41) is 4.43. The first-order valence-electron chi connectivity index (χ1n) is 9.57. The van der Waals surface area contributed by atoms with Gasteiger partial charge in [0.15, 0.2) is 0 Å². The highest BCUT2D eigenvalue weighted by atomic mass is 16.5. The number of ether oxygens (including phenoxy) is 2. The summed E-state index contributed by atoms with van der Waals surface area (Å²) in [5.41, 5.74) is 1.16. The maximum absolute atomic E-state index is 13.1. The van der Waals surface area contributed by atoms with Crippen molar-refractivity contribution in [2.75, 3.05) is 26.3 Å².